The number of rotatable bonds is 7. The lowest BCUT2D eigenvalue weighted by atomic mass is 9.96. The molecule has 2 heterocycles. The quantitative estimate of drug-likeness (QED) is 0.157. The number of hydrogen-bond donors (Lipinski definition) is 0. The van der Waals surface area contributed by atoms with Crippen molar-refractivity contribution >= 4 is 43.6 Å². The zero-order valence-electron chi connectivity index (χ0n) is 39.9. The Balaban J connectivity index is 1.13. The Morgan fingerprint density at radius 2 is 0.579 bits per heavy atom. The fourth-order valence-corrected chi connectivity index (χ4v) is 10.4. The Bertz CT molecular complexity index is 4360. The molecule has 76 heavy (non-hydrogen) atoms. The molecule has 0 atom stereocenters. The zero-order valence-corrected chi connectivity index (χ0v) is 39.9. The summed E-state index contributed by atoms with van der Waals surface area (Å²) in [4.78, 5) is 0. The normalized spacial score (nSPS) is 11.3. The van der Waals surface area contributed by atoms with Crippen LogP contribution >= 0.6 is 0 Å². The monoisotopic (exact) mass is 981 g/mol. The van der Waals surface area contributed by atoms with E-state index in [4.69, 9.17) is 0 Å². The predicted octanol–water partition coefficient (Wildman–Crippen LogP) is 16.6. The van der Waals surface area contributed by atoms with Gasteiger partial charge in [0.1, 0.15) is 0 Å². The molecule has 0 spiro atoms. The molecule has 0 saturated carbocycles. The van der Waals surface area contributed by atoms with E-state index in [2.05, 4.69) is 54.6 Å². The first kappa shape index (κ1) is 46.1. The minimum atomic E-state index is -4.72. The maximum atomic E-state index is 15.2. The van der Waals surface area contributed by atoms with Crippen molar-refractivity contribution in [3.63, 3.8) is 0 Å². The maximum Gasteiger partial charge on any atom is 0.416 e. The molecule has 0 amide bonds. The van der Waals surface area contributed by atoms with Gasteiger partial charge in [0.05, 0.1) is 97.2 Å². The number of nitriles is 5. The lowest BCUT2D eigenvalue weighted by molar-refractivity contribution is -0.137. The molecule has 354 valence electrons. The molecule has 10 aromatic carbocycles. The lowest BCUT2D eigenvalue weighted by Crippen LogP contribution is -2.08. The van der Waals surface area contributed by atoms with Crippen LogP contribution in [0.15, 0.2) is 206 Å². The van der Waals surface area contributed by atoms with Crippen LogP contribution in [0.3, 0.4) is 0 Å². The molecule has 0 bridgehead atoms. The minimum Gasteiger partial charge on any atom is -0.309 e. The van der Waals surface area contributed by atoms with Crippen molar-refractivity contribution in [3.05, 3.63) is 240 Å². The number of alkyl halides is 3. The molecule has 0 radical (unpaired) electrons. The molecular formula is C66H34F3N7. The van der Waals surface area contributed by atoms with Gasteiger partial charge in [0.25, 0.3) is 0 Å². The molecule has 0 aliphatic heterocycles. The van der Waals surface area contributed by atoms with E-state index < -0.39 is 11.7 Å². The topological polar surface area (TPSA) is 129 Å². The second-order valence-corrected chi connectivity index (χ2v) is 18.4. The molecule has 0 fully saturated rings. The van der Waals surface area contributed by atoms with E-state index in [9.17, 15) is 26.3 Å². The van der Waals surface area contributed by atoms with Crippen LogP contribution in [-0.4, -0.2) is 9.13 Å². The van der Waals surface area contributed by atoms with Crippen LogP contribution in [0.25, 0.3) is 111 Å². The SMILES string of the molecule is N#Cc1ccc(-c2ccc3c(c2)c2cc(-c4ccc(C#N)cc4)ccc2n3-c2ccc(C(F)(F)F)cc2-c2ccc(C#N)cc2-n2c3ccc(-c4ccc(C#N)cc4)cc3c3cc(-c4ccc(C#N)cc4)ccc32)cc1. The van der Waals surface area contributed by atoms with Gasteiger partial charge in [0.2, 0.25) is 0 Å². The van der Waals surface area contributed by atoms with E-state index in [0.717, 1.165) is 94.2 Å². The van der Waals surface area contributed by atoms with Crippen LogP contribution in [0.4, 0.5) is 13.2 Å². The smallest absolute Gasteiger partial charge is 0.309 e. The van der Waals surface area contributed by atoms with Gasteiger partial charge in [-0.25, -0.2) is 0 Å². The molecule has 0 aliphatic carbocycles. The maximum absolute atomic E-state index is 15.2. The highest BCUT2D eigenvalue weighted by Gasteiger charge is 2.32. The summed E-state index contributed by atoms with van der Waals surface area (Å²) in [7, 11) is 0. The largest absolute Gasteiger partial charge is 0.416 e. The van der Waals surface area contributed by atoms with Crippen molar-refractivity contribution in [1.82, 2.24) is 9.13 Å². The number of hydrogen-bond acceptors (Lipinski definition) is 5. The van der Waals surface area contributed by atoms with Crippen LogP contribution in [0.2, 0.25) is 0 Å². The second kappa shape index (κ2) is 18.3. The Hall–Kier alpha value is -11.0. The summed E-state index contributed by atoms with van der Waals surface area (Å²) in [5, 5.41) is 52.0. The average molecular weight is 982 g/mol. The third-order valence-electron chi connectivity index (χ3n) is 14.1. The van der Waals surface area contributed by atoms with Crippen molar-refractivity contribution in [3.8, 4) is 97.4 Å². The Labute approximate surface area is 433 Å². The molecule has 7 nitrogen and oxygen atoms in total. The number of benzene rings is 10. The molecule has 12 rings (SSSR count). The molecule has 0 aliphatic rings. The molecule has 2 aromatic heterocycles. The van der Waals surface area contributed by atoms with Gasteiger partial charge in [0.15, 0.2) is 0 Å². The van der Waals surface area contributed by atoms with Gasteiger partial charge in [-0.3, -0.25) is 0 Å². The van der Waals surface area contributed by atoms with Crippen molar-refractivity contribution < 1.29 is 13.2 Å². The summed E-state index contributed by atoms with van der Waals surface area (Å²) in [6.45, 7) is 0. The third kappa shape index (κ3) is 7.92. The Morgan fingerprint density at radius 3 is 0.895 bits per heavy atom. The van der Waals surface area contributed by atoms with Crippen LogP contribution in [0, 0.1) is 56.7 Å². The van der Waals surface area contributed by atoms with E-state index >= 15 is 13.2 Å². The summed E-state index contributed by atoms with van der Waals surface area (Å²) < 4.78 is 49.6. The number of aromatic nitrogens is 2. The molecule has 10 heteroatoms. The summed E-state index contributed by atoms with van der Waals surface area (Å²) in [5.74, 6) is 0. The van der Waals surface area contributed by atoms with Crippen molar-refractivity contribution in [1.29, 1.82) is 26.3 Å². The first-order valence-electron chi connectivity index (χ1n) is 24.0. The van der Waals surface area contributed by atoms with Gasteiger partial charge in [-0.1, -0.05) is 78.9 Å². The van der Waals surface area contributed by atoms with Gasteiger partial charge < -0.3 is 9.13 Å². The standard InChI is InChI=1S/C66H34F3N7/c67-66(68,69)53-22-28-64(75-60-24-18-49(45-10-1-40(35-70)2-11-45)30-55(60)56-31-50(19-25-61(56)75)46-12-3-41(36-71)4-13-46)59(34-53)54-23-9-44(39-74)29-65(54)76-62-26-20-51(47-14-5-42(37-72)6-15-47)32-57(62)58-33-52(21-27-63(58)76)48-16-7-43(38-73)8-17-48/h1-34H. The Kier molecular flexibility index (Phi) is 11.1. The van der Waals surface area contributed by atoms with E-state index in [1.54, 1.807) is 66.7 Å². The molecule has 0 N–H and O–H groups in total. The summed E-state index contributed by atoms with van der Waals surface area (Å²) in [6, 6.07) is 73.1. The molecule has 0 saturated heterocycles. The van der Waals surface area contributed by atoms with E-state index in [0.29, 0.717) is 44.8 Å². The van der Waals surface area contributed by atoms with Gasteiger partial charge in [-0.05, 0) is 172 Å². The highest BCUT2D eigenvalue weighted by Crippen LogP contribution is 2.45. The number of halogens is 3. The summed E-state index contributed by atoms with van der Waals surface area (Å²) >= 11 is 0. The van der Waals surface area contributed by atoms with Gasteiger partial charge in [-0.2, -0.15) is 39.5 Å². The van der Waals surface area contributed by atoms with Gasteiger partial charge in [0, 0.05) is 32.7 Å². The number of nitrogens with zero attached hydrogens (tertiary/aromatic N) is 7. The summed E-state index contributed by atoms with van der Waals surface area (Å²) in [5.41, 5.74) is 13.1. The minimum absolute atomic E-state index is 0.263. The van der Waals surface area contributed by atoms with Crippen molar-refractivity contribution in [2.24, 2.45) is 0 Å². The lowest BCUT2D eigenvalue weighted by Gasteiger charge is -2.20. The molecule has 0 unspecified atom stereocenters. The Morgan fingerprint density at radius 1 is 0.276 bits per heavy atom. The third-order valence-corrected chi connectivity index (χ3v) is 14.1. The second-order valence-electron chi connectivity index (χ2n) is 18.4. The van der Waals surface area contributed by atoms with Crippen LogP contribution in [-0.2, 0) is 6.18 Å². The van der Waals surface area contributed by atoms with Crippen molar-refractivity contribution in [2.45, 2.75) is 6.18 Å². The van der Waals surface area contributed by atoms with Crippen LogP contribution < -0.4 is 0 Å². The highest BCUT2D eigenvalue weighted by molar-refractivity contribution is 6.14. The van der Waals surface area contributed by atoms with E-state index in [1.807, 2.05) is 106 Å². The van der Waals surface area contributed by atoms with E-state index in [1.165, 1.54) is 12.1 Å². The van der Waals surface area contributed by atoms with Crippen LogP contribution in [0.1, 0.15) is 33.4 Å². The number of fused-ring (bicyclic) bond motifs is 6. The first-order chi connectivity index (χ1) is 37.0. The zero-order chi connectivity index (χ0) is 52.2. The van der Waals surface area contributed by atoms with Gasteiger partial charge in [-0.15, -0.1) is 0 Å². The molecule has 12 aromatic rings. The fourth-order valence-electron chi connectivity index (χ4n) is 10.4. The van der Waals surface area contributed by atoms with E-state index in [-0.39, 0.29) is 5.56 Å². The molecular weight excluding hydrogens is 948 g/mol. The fraction of sp³-hybridized carbons (Fsp3) is 0.0152. The van der Waals surface area contributed by atoms with Crippen LogP contribution in [0.5, 0.6) is 0 Å². The first-order valence-corrected chi connectivity index (χ1v) is 24.0. The van der Waals surface area contributed by atoms with Gasteiger partial charge >= 0.3 is 6.18 Å². The van der Waals surface area contributed by atoms with Crippen molar-refractivity contribution in [2.75, 3.05) is 0 Å². The highest BCUT2D eigenvalue weighted by atomic mass is 19.4. The predicted molar refractivity (Wildman–Crippen MR) is 291 cm³/mol. The summed E-state index contributed by atoms with van der Waals surface area (Å²) in [6.07, 6.45) is -4.72. The average Bonchev–Trinajstić information content (AvgIpc) is 4.18.